The zero-order valence-electron chi connectivity index (χ0n) is 28.5. The summed E-state index contributed by atoms with van der Waals surface area (Å²) in [5.74, 6) is 3.48. The van der Waals surface area contributed by atoms with Gasteiger partial charge in [0, 0.05) is 22.3 Å². The van der Waals surface area contributed by atoms with E-state index in [1.807, 2.05) is 0 Å². The van der Waals surface area contributed by atoms with Gasteiger partial charge in [0.15, 0.2) is 0 Å². The first kappa shape index (κ1) is 32.6. The fourth-order valence-electron chi connectivity index (χ4n) is 5.19. The normalized spacial score (nSPS) is 15.8. The van der Waals surface area contributed by atoms with E-state index in [1.54, 1.807) is 0 Å². The van der Waals surface area contributed by atoms with E-state index >= 15 is 0 Å². The Kier molecular flexibility index (Phi) is 9.55. The van der Waals surface area contributed by atoms with Crippen LogP contribution in [-0.4, -0.2) is 13.2 Å². The van der Waals surface area contributed by atoms with Gasteiger partial charge in [0.2, 0.25) is 0 Å². The predicted molar refractivity (Wildman–Crippen MR) is 174 cm³/mol. The van der Waals surface area contributed by atoms with Crippen LogP contribution < -0.4 is 9.47 Å². The molecule has 2 nitrogen and oxygen atoms in total. The molecule has 0 radical (unpaired) electrons. The summed E-state index contributed by atoms with van der Waals surface area (Å²) in [5, 5.41) is 0. The molecule has 40 heavy (non-hydrogen) atoms. The molecule has 0 spiro atoms. The van der Waals surface area contributed by atoms with Gasteiger partial charge in [0.05, 0.1) is 13.2 Å². The molecule has 0 amide bonds. The van der Waals surface area contributed by atoms with Gasteiger partial charge >= 0.3 is 0 Å². The largest absolute Gasteiger partial charge is 0.493 e. The van der Waals surface area contributed by atoms with Gasteiger partial charge in [-0.05, 0) is 63.9 Å². The molecule has 0 heterocycles. The van der Waals surface area contributed by atoms with Crippen LogP contribution in [0.5, 0.6) is 11.5 Å². The molecule has 2 aromatic rings. The van der Waals surface area contributed by atoms with Crippen molar-refractivity contribution < 1.29 is 9.47 Å². The van der Waals surface area contributed by atoms with Gasteiger partial charge in [0.1, 0.15) is 11.5 Å². The molecule has 1 fully saturated rings. The summed E-state index contributed by atoms with van der Waals surface area (Å²) >= 11 is 0. The third-order valence-corrected chi connectivity index (χ3v) is 8.31. The van der Waals surface area contributed by atoms with E-state index in [4.69, 9.17) is 9.47 Å². The fraction of sp³-hybridized carbons (Fsp3) is 0.684. The summed E-state index contributed by atoms with van der Waals surface area (Å²) in [4.78, 5) is 0. The van der Waals surface area contributed by atoms with Crippen molar-refractivity contribution >= 4 is 0 Å². The molecule has 3 rings (SSSR count). The Labute approximate surface area is 247 Å². The van der Waals surface area contributed by atoms with Crippen LogP contribution in [-0.2, 0) is 28.1 Å². The summed E-state index contributed by atoms with van der Waals surface area (Å²) in [6.07, 6.45) is 4.63. The first-order valence-electron chi connectivity index (χ1n) is 15.8. The Morgan fingerprint density at radius 2 is 0.975 bits per heavy atom. The highest BCUT2D eigenvalue weighted by Gasteiger charge is 2.31. The Bertz CT molecular complexity index is 1080. The minimum absolute atomic E-state index is 0.00426. The molecule has 1 aliphatic rings. The van der Waals surface area contributed by atoms with Crippen molar-refractivity contribution in [2.75, 3.05) is 13.2 Å². The third-order valence-electron chi connectivity index (χ3n) is 8.31. The average Bonchev–Trinajstić information content (AvgIpc) is 3.63. The smallest absolute Gasteiger partial charge is 0.126 e. The summed E-state index contributed by atoms with van der Waals surface area (Å²) in [5.41, 5.74) is 7.96. The fourth-order valence-corrected chi connectivity index (χ4v) is 5.19. The van der Waals surface area contributed by atoms with E-state index in [2.05, 4.69) is 121 Å². The predicted octanol–water partition coefficient (Wildman–Crippen LogP) is 10.7. The Morgan fingerprint density at radius 1 is 0.625 bits per heavy atom. The van der Waals surface area contributed by atoms with Crippen LogP contribution in [0.25, 0.3) is 0 Å². The average molecular weight is 549 g/mol. The van der Waals surface area contributed by atoms with Crippen LogP contribution in [0.1, 0.15) is 150 Å². The van der Waals surface area contributed by atoms with Crippen molar-refractivity contribution in [3.63, 3.8) is 0 Å². The summed E-state index contributed by atoms with van der Waals surface area (Å²) in [6, 6.07) is 9.70. The van der Waals surface area contributed by atoms with Crippen molar-refractivity contribution in [3.8, 4) is 11.5 Å². The van der Waals surface area contributed by atoms with E-state index < -0.39 is 0 Å². The summed E-state index contributed by atoms with van der Waals surface area (Å²) in [6.45, 7) is 33.9. The van der Waals surface area contributed by atoms with E-state index in [9.17, 15) is 0 Å². The number of rotatable bonds is 9. The highest BCUT2D eigenvalue weighted by atomic mass is 16.5. The van der Waals surface area contributed by atoms with Crippen LogP contribution in [0, 0.1) is 11.8 Å². The van der Waals surface area contributed by atoms with Gasteiger partial charge in [0.25, 0.3) is 0 Å². The number of ether oxygens (including phenoxy) is 2. The quantitative estimate of drug-likeness (QED) is 0.310. The van der Waals surface area contributed by atoms with Crippen LogP contribution >= 0.6 is 0 Å². The second-order valence-electron chi connectivity index (χ2n) is 16.8. The lowest BCUT2D eigenvalue weighted by atomic mass is 9.76. The van der Waals surface area contributed by atoms with Gasteiger partial charge in [-0.2, -0.15) is 0 Å². The van der Waals surface area contributed by atoms with E-state index in [1.165, 1.54) is 46.2 Å². The van der Waals surface area contributed by atoms with Crippen molar-refractivity contribution in [2.24, 2.45) is 11.8 Å². The lowest BCUT2D eigenvalue weighted by Gasteiger charge is -2.32. The molecule has 224 valence electrons. The van der Waals surface area contributed by atoms with Crippen LogP contribution in [0.3, 0.4) is 0 Å². The molecule has 1 atom stereocenters. The molecule has 2 aromatic carbocycles. The van der Waals surface area contributed by atoms with Crippen molar-refractivity contribution in [1.29, 1.82) is 0 Å². The van der Waals surface area contributed by atoms with Crippen LogP contribution in [0.4, 0.5) is 0 Å². The molecule has 0 saturated heterocycles. The first-order chi connectivity index (χ1) is 18.2. The Balaban J connectivity index is 2.17. The molecule has 1 unspecified atom stereocenters. The molecule has 1 saturated carbocycles. The first-order valence-corrected chi connectivity index (χ1v) is 15.8. The third kappa shape index (κ3) is 8.29. The van der Waals surface area contributed by atoms with Gasteiger partial charge in [-0.1, -0.05) is 128 Å². The number of benzene rings is 2. The lowest BCUT2D eigenvalue weighted by Crippen LogP contribution is -2.22. The molecule has 0 aliphatic heterocycles. The van der Waals surface area contributed by atoms with Crippen molar-refractivity contribution in [3.05, 3.63) is 57.6 Å². The molecule has 0 bridgehead atoms. The zero-order valence-corrected chi connectivity index (χ0v) is 28.5. The highest BCUT2D eigenvalue weighted by Crippen LogP contribution is 2.44. The molecular formula is C38H60O2. The second-order valence-corrected chi connectivity index (χ2v) is 16.8. The lowest BCUT2D eigenvalue weighted by molar-refractivity contribution is 0.245. The zero-order chi connectivity index (χ0) is 30.3. The minimum Gasteiger partial charge on any atom is -0.493 e. The molecule has 2 heteroatoms. The molecular weight excluding hydrogens is 488 g/mol. The van der Waals surface area contributed by atoms with Crippen molar-refractivity contribution in [1.82, 2.24) is 0 Å². The van der Waals surface area contributed by atoms with Gasteiger partial charge < -0.3 is 9.47 Å². The maximum Gasteiger partial charge on any atom is 0.126 e. The van der Waals surface area contributed by atoms with E-state index in [0.29, 0.717) is 5.92 Å². The van der Waals surface area contributed by atoms with E-state index in [-0.39, 0.29) is 21.7 Å². The SMILES string of the molecule is CCC(C)COc1c(C(C)(C)C)cc(Cc2cc(C(C)(C)C)c(OCC3CC3)c(C(C)(C)C)c2)cc1C(C)(C)C. The van der Waals surface area contributed by atoms with Gasteiger partial charge in [-0.25, -0.2) is 0 Å². The standard InChI is InChI=1S/C38H60O2/c1-15-25(2)23-39-33-29(35(3,4)5)19-27(20-30(33)36(6,7)8)18-28-21-31(37(9,10)11)34(40-24-26-16-17-26)32(22-28)38(12,13)14/h19-22,25-26H,15-18,23-24H2,1-14H3. The van der Waals surface area contributed by atoms with E-state index in [0.717, 1.165) is 43.5 Å². The van der Waals surface area contributed by atoms with Gasteiger partial charge in [-0.3, -0.25) is 0 Å². The maximum atomic E-state index is 6.66. The highest BCUT2D eigenvalue weighted by molar-refractivity contribution is 5.54. The van der Waals surface area contributed by atoms with Gasteiger partial charge in [-0.15, -0.1) is 0 Å². The monoisotopic (exact) mass is 548 g/mol. The van der Waals surface area contributed by atoms with Crippen LogP contribution in [0.15, 0.2) is 24.3 Å². The minimum atomic E-state index is -0.0194. The Hall–Kier alpha value is -1.96. The number of hydrogen-bond acceptors (Lipinski definition) is 2. The molecule has 1 aliphatic carbocycles. The topological polar surface area (TPSA) is 18.5 Å². The number of hydrogen-bond donors (Lipinski definition) is 0. The van der Waals surface area contributed by atoms with Crippen LogP contribution in [0.2, 0.25) is 0 Å². The summed E-state index contributed by atoms with van der Waals surface area (Å²) in [7, 11) is 0. The summed E-state index contributed by atoms with van der Waals surface area (Å²) < 4.78 is 13.3. The van der Waals surface area contributed by atoms with Crippen molar-refractivity contribution in [2.45, 2.75) is 144 Å². The molecule has 0 N–H and O–H groups in total. The molecule has 0 aromatic heterocycles. The maximum absolute atomic E-state index is 6.66. The Morgan fingerprint density at radius 3 is 1.27 bits per heavy atom. The second kappa shape index (κ2) is 11.7.